The van der Waals surface area contributed by atoms with E-state index in [2.05, 4.69) is 47.6 Å². The second-order valence-corrected chi connectivity index (χ2v) is 10.4. The minimum Gasteiger partial charge on any atom is -0.270 e. The van der Waals surface area contributed by atoms with Gasteiger partial charge in [0.15, 0.2) is 5.17 Å². The molecule has 0 saturated carbocycles. The molecule has 1 N–H and O–H groups in total. The average Bonchev–Trinajstić information content (AvgIpc) is 3.15. The highest BCUT2D eigenvalue weighted by Gasteiger charge is 2.28. The Morgan fingerprint density at radius 2 is 2.00 bits per heavy atom. The number of anilines is 1. The normalized spacial score (nSPS) is 17.2. The van der Waals surface area contributed by atoms with Crippen molar-refractivity contribution in [1.82, 2.24) is 5.43 Å². The number of sulfonamides is 1. The first-order valence-corrected chi connectivity index (χ1v) is 12.2. The Balaban J connectivity index is 0.00000256. The monoisotopic (exact) mass is 464 g/mol. The molecule has 4 rings (SSSR count). The number of thioether (sulfide) groups is 1. The fourth-order valence-electron chi connectivity index (χ4n) is 3.56. The summed E-state index contributed by atoms with van der Waals surface area (Å²) in [5.41, 5.74) is 10.2. The van der Waals surface area contributed by atoms with Gasteiger partial charge in [-0.05, 0) is 62.1 Å². The number of benzene rings is 2. The predicted molar refractivity (Wildman–Crippen MR) is 129 cm³/mol. The first kappa shape index (κ1) is 22.7. The molecule has 2 heterocycles. The third-order valence-corrected chi connectivity index (χ3v) is 7.83. The summed E-state index contributed by atoms with van der Waals surface area (Å²) in [6, 6.07) is 12.1. The number of rotatable bonds is 4. The molecule has 30 heavy (non-hydrogen) atoms. The molecule has 0 unspecified atom stereocenters. The molecule has 0 radical (unpaired) electrons. The van der Waals surface area contributed by atoms with Crippen LogP contribution in [0.25, 0.3) is 0 Å². The van der Waals surface area contributed by atoms with Gasteiger partial charge >= 0.3 is 0 Å². The van der Waals surface area contributed by atoms with Crippen molar-refractivity contribution in [2.75, 3.05) is 22.4 Å². The van der Waals surface area contributed by atoms with E-state index in [0.29, 0.717) is 12.3 Å². The van der Waals surface area contributed by atoms with Crippen LogP contribution in [0.3, 0.4) is 0 Å². The van der Waals surface area contributed by atoms with Crippen LogP contribution in [0.1, 0.15) is 29.2 Å². The Bertz CT molecular complexity index is 1130. The minimum atomic E-state index is -3.22. The van der Waals surface area contributed by atoms with Crippen molar-refractivity contribution in [3.05, 3.63) is 58.7 Å². The Hall–Kier alpha value is -2.03. The number of hydrazone groups is 1. The van der Waals surface area contributed by atoms with Crippen LogP contribution in [-0.2, 0) is 16.4 Å². The summed E-state index contributed by atoms with van der Waals surface area (Å²) >= 11 is 1.62. The van der Waals surface area contributed by atoms with Crippen molar-refractivity contribution in [1.29, 1.82) is 0 Å². The average molecular weight is 465 g/mol. The van der Waals surface area contributed by atoms with E-state index in [4.69, 9.17) is 0 Å². The van der Waals surface area contributed by atoms with Gasteiger partial charge in [-0.2, -0.15) is 5.10 Å². The van der Waals surface area contributed by atoms with Gasteiger partial charge in [-0.1, -0.05) is 35.5 Å². The van der Waals surface area contributed by atoms with Gasteiger partial charge in [-0.3, -0.25) is 9.73 Å². The second kappa shape index (κ2) is 8.99. The molecule has 2 aromatic carbocycles. The molecular weight excluding hydrogens is 440 g/mol. The lowest BCUT2D eigenvalue weighted by atomic mass is 10.1. The SMILES string of the molecule is CCS(=O)(=O)N1CCc2cc(C3=NNC(=Nc4ccc(C)cc4C)SC3)ccc21.Cl. The van der Waals surface area contributed by atoms with Gasteiger partial charge in [0.05, 0.1) is 22.8 Å². The van der Waals surface area contributed by atoms with Crippen molar-refractivity contribution >= 4 is 56.4 Å². The molecule has 0 aliphatic carbocycles. The van der Waals surface area contributed by atoms with E-state index in [0.717, 1.165) is 45.4 Å². The van der Waals surface area contributed by atoms with Crippen molar-refractivity contribution in [3.63, 3.8) is 0 Å². The van der Waals surface area contributed by atoms with E-state index in [-0.39, 0.29) is 18.2 Å². The van der Waals surface area contributed by atoms with Crippen LogP contribution in [0.4, 0.5) is 11.4 Å². The lowest BCUT2D eigenvalue weighted by Crippen LogP contribution is -2.30. The molecule has 160 valence electrons. The number of aliphatic imine (C=N–C) groups is 1. The number of fused-ring (bicyclic) bond motifs is 1. The number of nitrogens with one attached hydrogen (secondary N) is 1. The number of hydrogen-bond donors (Lipinski definition) is 1. The van der Waals surface area contributed by atoms with Gasteiger partial charge < -0.3 is 0 Å². The summed E-state index contributed by atoms with van der Waals surface area (Å²) in [5, 5.41) is 5.30. The maximum absolute atomic E-state index is 12.3. The number of amidine groups is 1. The van der Waals surface area contributed by atoms with Crippen LogP contribution in [-0.4, -0.2) is 37.3 Å². The van der Waals surface area contributed by atoms with Gasteiger partial charge in [-0.25, -0.2) is 13.4 Å². The summed E-state index contributed by atoms with van der Waals surface area (Å²) < 4.78 is 26.0. The molecule has 9 heteroatoms. The lowest BCUT2D eigenvalue weighted by molar-refractivity contribution is 0.593. The summed E-state index contributed by atoms with van der Waals surface area (Å²) in [4.78, 5) is 4.68. The second-order valence-electron chi connectivity index (χ2n) is 7.23. The van der Waals surface area contributed by atoms with Gasteiger partial charge in [-0.15, -0.1) is 12.4 Å². The molecule has 6 nitrogen and oxygen atoms in total. The van der Waals surface area contributed by atoms with Gasteiger partial charge in [0, 0.05) is 12.3 Å². The zero-order valence-corrected chi connectivity index (χ0v) is 19.6. The summed E-state index contributed by atoms with van der Waals surface area (Å²) in [5.74, 6) is 0.830. The van der Waals surface area contributed by atoms with E-state index in [1.54, 1.807) is 18.7 Å². The third-order valence-electron chi connectivity index (χ3n) is 5.17. The summed E-state index contributed by atoms with van der Waals surface area (Å²) in [6.07, 6.45) is 0.732. The summed E-state index contributed by atoms with van der Waals surface area (Å²) in [7, 11) is -3.22. The van der Waals surface area contributed by atoms with Crippen LogP contribution in [0.2, 0.25) is 0 Å². The highest BCUT2D eigenvalue weighted by Crippen LogP contribution is 2.32. The predicted octanol–water partition coefficient (Wildman–Crippen LogP) is 4.17. The van der Waals surface area contributed by atoms with Crippen LogP contribution >= 0.6 is 24.2 Å². The Labute approximate surface area is 188 Å². The molecule has 0 saturated heterocycles. The van der Waals surface area contributed by atoms with Crippen molar-refractivity contribution < 1.29 is 8.42 Å². The maximum Gasteiger partial charge on any atom is 0.234 e. The van der Waals surface area contributed by atoms with Crippen LogP contribution < -0.4 is 9.73 Å². The summed E-state index contributed by atoms with van der Waals surface area (Å²) in [6.45, 7) is 6.32. The molecule has 0 atom stereocenters. The smallest absolute Gasteiger partial charge is 0.234 e. The van der Waals surface area contributed by atoms with Gasteiger partial charge in [0.25, 0.3) is 0 Å². The molecule has 2 aliphatic rings. The Morgan fingerprint density at radius 3 is 2.67 bits per heavy atom. The number of nitrogens with zero attached hydrogens (tertiary/aromatic N) is 3. The van der Waals surface area contributed by atoms with Crippen molar-refractivity contribution in [3.8, 4) is 0 Å². The maximum atomic E-state index is 12.3. The molecular formula is C21H25ClN4O2S2. The third kappa shape index (κ3) is 4.50. The number of aryl methyl sites for hydroxylation is 2. The van der Waals surface area contributed by atoms with E-state index >= 15 is 0 Å². The van der Waals surface area contributed by atoms with Crippen LogP contribution in [0, 0.1) is 13.8 Å². The van der Waals surface area contributed by atoms with E-state index in [9.17, 15) is 8.42 Å². The minimum absolute atomic E-state index is 0. The highest BCUT2D eigenvalue weighted by atomic mass is 35.5. The van der Waals surface area contributed by atoms with E-state index < -0.39 is 10.0 Å². The molecule has 2 aromatic rings. The largest absolute Gasteiger partial charge is 0.270 e. The molecule has 0 amide bonds. The fraction of sp³-hybridized carbons (Fsp3) is 0.333. The number of halogens is 1. The first-order chi connectivity index (χ1) is 13.9. The molecule has 2 aliphatic heterocycles. The zero-order chi connectivity index (χ0) is 20.6. The first-order valence-electron chi connectivity index (χ1n) is 9.62. The standard InChI is InChI=1S/C21H24N4O2S2.ClH/c1-4-29(26,27)25-10-9-17-12-16(6-8-20(17)25)19-13-28-21(24-23-19)22-18-7-5-14(2)11-15(18)3;/h5-8,11-12H,4,9-10,13H2,1-3H3,(H,22,24);1H. The topological polar surface area (TPSA) is 74.1 Å². The van der Waals surface area contributed by atoms with Crippen LogP contribution in [0.5, 0.6) is 0 Å². The van der Waals surface area contributed by atoms with Crippen molar-refractivity contribution in [2.45, 2.75) is 27.2 Å². The quantitative estimate of drug-likeness (QED) is 0.737. The van der Waals surface area contributed by atoms with Crippen molar-refractivity contribution in [2.24, 2.45) is 10.1 Å². The molecule has 0 spiro atoms. The van der Waals surface area contributed by atoms with Gasteiger partial charge in [0.2, 0.25) is 10.0 Å². The zero-order valence-electron chi connectivity index (χ0n) is 17.2. The lowest BCUT2D eigenvalue weighted by Gasteiger charge is -2.19. The molecule has 0 aromatic heterocycles. The Morgan fingerprint density at radius 1 is 1.20 bits per heavy atom. The highest BCUT2D eigenvalue weighted by molar-refractivity contribution is 8.14. The van der Waals surface area contributed by atoms with E-state index in [1.807, 2.05) is 18.2 Å². The Kier molecular flexibility index (Phi) is 6.79. The molecule has 0 bridgehead atoms. The molecule has 0 fully saturated rings. The number of hydrogen-bond acceptors (Lipinski definition) is 5. The van der Waals surface area contributed by atoms with Crippen LogP contribution in [0.15, 0.2) is 46.5 Å². The fourth-order valence-corrected chi connectivity index (χ4v) is 5.49. The van der Waals surface area contributed by atoms with E-state index in [1.165, 1.54) is 9.87 Å². The van der Waals surface area contributed by atoms with Gasteiger partial charge in [0.1, 0.15) is 0 Å².